The number of carbonyl (C=O) groups is 1. The largest absolute Gasteiger partial charge is 0.396 e. The smallest absolute Gasteiger partial charge is 0.320 e. The molecule has 2 N–H and O–H groups in total. The molecule has 0 spiro atoms. The standard InChI is InChI=1S/C23H28ClN5O3/c1-14(17-4-2-3-16-9-15(13-30)10-18(16)17)25-21-19-11-29(12-20(19)26-22(24)27-21)23(31)28-5-7-32-8-6-28/h2-4,14-15,30H,5-13H2,1H3,(H,25,26,27)/t14-,15-/m0/s1. The van der Waals surface area contributed by atoms with Gasteiger partial charge in [-0.25, -0.2) is 14.8 Å². The van der Waals surface area contributed by atoms with Crippen LogP contribution in [0.5, 0.6) is 0 Å². The van der Waals surface area contributed by atoms with E-state index in [1.54, 1.807) is 4.90 Å². The van der Waals surface area contributed by atoms with E-state index in [2.05, 4.69) is 40.4 Å². The lowest BCUT2D eigenvalue weighted by atomic mass is 9.97. The Morgan fingerprint density at radius 2 is 2.03 bits per heavy atom. The summed E-state index contributed by atoms with van der Waals surface area (Å²) in [4.78, 5) is 25.5. The van der Waals surface area contributed by atoms with Gasteiger partial charge in [-0.1, -0.05) is 18.2 Å². The van der Waals surface area contributed by atoms with Gasteiger partial charge >= 0.3 is 6.03 Å². The summed E-state index contributed by atoms with van der Waals surface area (Å²) in [6.07, 6.45) is 1.80. The first kappa shape index (κ1) is 21.4. The minimum absolute atomic E-state index is 0.00135. The number of fused-ring (bicyclic) bond motifs is 2. The van der Waals surface area contributed by atoms with Crippen molar-refractivity contribution in [2.75, 3.05) is 38.2 Å². The number of hydrogen-bond donors (Lipinski definition) is 2. The van der Waals surface area contributed by atoms with Crippen molar-refractivity contribution in [3.05, 3.63) is 51.4 Å². The summed E-state index contributed by atoms with van der Waals surface area (Å²) in [5, 5.41) is 13.3. The first-order valence-corrected chi connectivity index (χ1v) is 11.6. The maximum Gasteiger partial charge on any atom is 0.320 e. The molecule has 1 aromatic carbocycles. The van der Waals surface area contributed by atoms with Crippen LogP contribution in [0.1, 0.15) is 40.9 Å². The monoisotopic (exact) mass is 457 g/mol. The quantitative estimate of drug-likeness (QED) is 0.686. The van der Waals surface area contributed by atoms with Crippen LogP contribution in [0.3, 0.4) is 0 Å². The molecule has 0 unspecified atom stereocenters. The zero-order valence-corrected chi connectivity index (χ0v) is 18.9. The van der Waals surface area contributed by atoms with Gasteiger partial charge in [0.2, 0.25) is 5.28 Å². The second kappa shape index (κ2) is 8.84. The van der Waals surface area contributed by atoms with E-state index in [0.717, 1.165) is 24.1 Å². The molecule has 170 valence electrons. The molecule has 32 heavy (non-hydrogen) atoms. The zero-order chi connectivity index (χ0) is 22.2. The number of nitrogens with zero attached hydrogens (tertiary/aromatic N) is 4. The summed E-state index contributed by atoms with van der Waals surface area (Å²) in [5.74, 6) is 0.968. The van der Waals surface area contributed by atoms with Gasteiger partial charge in [0.1, 0.15) is 5.82 Å². The highest BCUT2D eigenvalue weighted by molar-refractivity contribution is 6.28. The molecule has 2 atom stereocenters. The molecular weight excluding hydrogens is 430 g/mol. The van der Waals surface area contributed by atoms with Crippen LogP contribution < -0.4 is 5.32 Å². The van der Waals surface area contributed by atoms with Crippen LogP contribution in [0.4, 0.5) is 10.6 Å². The van der Waals surface area contributed by atoms with Gasteiger partial charge in [-0.3, -0.25) is 0 Å². The second-order valence-corrected chi connectivity index (χ2v) is 9.15. The Bertz CT molecular complexity index is 1030. The predicted octanol–water partition coefficient (Wildman–Crippen LogP) is 2.78. The minimum Gasteiger partial charge on any atom is -0.396 e. The van der Waals surface area contributed by atoms with E-state index >= 15 is 0 Å². The van der Waals surface area contributed by atoms with Gasteiger partial charge in [0.05, 0.1) is 38.0 Å². The number of benzene rings is 1. The lowest BCUT2D eigenvalue weighted by molar-refractivity contribution is 0.0429. The maximum atomic E-state index is 13.0. The third-order valence-electron chi connectivity index (χ3n) is 6.70. The lowest BCUT2D eigenvalue weighted by Gasteiger charge is -2.30. The topological polar surface area (TPSA) is 90.8 Å². The predicted molar refractivity (Wildman–Crippen MR) is 121 cm³/mol. The van der Waals surface area contributed by atoms with Crippen LogP contribution in [0, 0.1) is 5.92 Å². The molecule has 2 amide bonds. The molecule has 0 radical (unpaired) electrons. The summed E-state index contributed by atoms with van der Waals surface area (Å²) in [6, 6.07) is 6.36. The second-order valence-electron chi connectivity index (χ2n) is 8.81. The third kappa shape index (κ3) is 4.02. The third-order valence-corrected chi connectivity index (χ3v) is 6.86. The van der Waals surface area contributed by atoms with E-state index in [1.807, 2.05) is 4.90 Å². The van der Waals surface area contributed by atoms with Crippen molar-refractivity contribution in [3.8, 4) is 0 Å². The first-order valence-electron chi connectivity index (χ1n) is 11.2. The highest BCUT2D eigenvalue weighted by atomic mass is 35.5. The van der Waals surface area contributed by atoms with Crippen molar-refractivity contribution in [3.63, 3.8) is 0 Å². The van der Waals surface area contributed by atoms with Gasteiger partial charge in [-0.15, -0.1) is 0 Å². The fraction of sp³-hybridized carbons (Fsp3) is 0.522. The summed E-state index contributed by atoms with van der Waals surface area (Å²) >= 11 is 6.25. The average Bonchev–Trinajstić information content (AvgIpc) is 3.43. The highest BCUT2D eigenvalue weighted by Crippen LogP contribution is 2.35. The minimum atomic E-state index is -0.00246. The molecule has 3 heterocycles. The van der Waals surface area contributed by atoms with Crippen molar-refractivity contribution in [2.45, 2.75) is 38.9 Å². The number of urea groups is 1. The lowest BCUT2D eigenvalue weighted by Crippen LogP contribution is -2.46. The van der Waals surface area contributed by atoms with Gasteiger partial charge in [0.15, 0.2) is 0 Å². The van der Waals surface area contributed by atoms with Crippen molar-refractivity contribution in [1.82, 2.24) is 19.8 Å². The SMILES string of the molecule is C[C@H](Nc1nc(Cl)nc2c1CN(C(=O)N1CCOCC1)C2)c1cccc2c1C[C@@H](CO)C2. The van der Waals surface area contributed by atoms with E-state index in [0.29, 0.717) is 45.2 Å². The van der Waals surface area contributed by atoms with Crippen LogP contribution in [0.15, 0.2) is 18.2 Å². The summed E-state index contributed by atoms with van der Waals surface area (Å²) in [6.45, 7) is 5.55. The van der Waals surface area contributed by atoms with Gasteiger partial charge in [0.25, 0.3) is 0 Å². The molecule has 0 saturated carbocycles. The van der Waals surface area contributed by atoms with Crippen LogP contribution >= 0.6 is 11.6 Å². The first-order chi connectivity index (χ1) is 15.5. The van der Waals surface area contributed by atoms with E-state index < -0.39 is 0 Å². The number of anilines is 1. The number of carbonyl (C=O) groups excluding carboxylic acids is 1. The van der Waals surface area contributed by atoms with Gasteiger partial charge in [-0.05, 0) is 54.0 Å². The Balaban J connectivity index is 1.36. The summed E-state index contributed by atoms with van der Waals surface area (Å²) in [5.41, 5.74) is 5.54. The molecule has 1 fully saturated rings. The average molecular weight is 458 g/mol. The number of aliphatic hydroxyl groups is 1. The van der Waals surface area contributed by atoms with E-state index in [1.165, 1.54) is 16.7 Å². The summed E-state index contributed by atoms with van der Waals surface area (Å²) < 4.78 is 5.36. The number of halogens is 1. The number of ether oxygens (including phenoxy) is 1. The van der Waals surface area contributed by atoms with E-state index in [4.69, 9.17) is 16.3 Å². The number of aromatic nitrogens is 2. The zero-order valence-electron chi connectivity index (χ0n) is 18.2. The molecule has 5 rings (SSSR count). The summed E-state index contributed by atoms with van der Waals surface area (Å²) in [7, 11) is 0. The van der Waals surface area contributed by atoms with Crippen molar-refractivity contribution in [1.29, 1.82) is 0 Å². The maximum absolute atomic E-state index is 13.0. The molecule has 1 aromatic heterocycles. The molecule has 2 aliphatic heterocycles. The van der Waals surface area contributed by atoms with Gasteiger partial charge < -0.3 is 25.0 Å². The van der Waals surface area contributed by atoms with Crippen LogP contribution in [-0.2, 0) is 30.7 Å². The molecule has 0 bridgehead atoms. The fourth-order valence-electron chi connectivity index (χ4n) is 5.02. The fourth-order valence-corrected chi connectivity index (χ4v) is 5.20. The molecule has 1 saturated heterocycles. The number of hydrogen-bond acceptors (Lipinski definition) is 6. The highest BCUT2D eigenvalue weighted by Gasteiger charge is 2.32. The molecule has 1 aliphatic carbocycles. The number of amides is 2. The van der Waals surface area contributed by atoms with Crippen molar-refractivity contribution >= 4 is 23.4 Å². The number of nitrogens with one attached hydrogen (secondary N) is 1. The number of aliphatic hydroxyl groups excluding tert-OH is 1. The van der Waals surface area contributed by atoms with Crippen LogP contribution in [0.2, 0.25) is 5.28 Å². The van der Waals surface area contributed by atoms with Crippen LogP contribution in [-0.4, -0.2) is 63.8 Å². The molecule has 3 aliphatic rings. The molecule has 9 heteroatoms. The normalized spacial score (nSPS) is 20.8. The van der Waals surface area contributed by atoms with Gasteiger partial charge in [-0.2, -0.15) is 0 Å². The Kier molecular flexibility index (Phi) is 5.92. The Morgan fingerprint density at radius 3 is 2.81 bits per heavy atom. The van der Waals surface area contributed by atoms with Crippen molar-refractivity contribution < 1.29 is 14.6 Å². The van der Waals surface area contributed by atoms with Gasteiger partial charge in [0, 0.05) is 25.3 Å². The Morgan fingerprint density at radius 1 is 1.22 bits per heavy atom. The van der Waals surface area contributed by atoms with E-state index in [-0.39, 0.29) is 29.9 Å². The van der Waals surface area contributed by atoms with E-state index in [9.17, 15) is 9.90 Å². The molecule has 8 nitrogen and oxygen atoms in total. The van der Waals surface area contributed by atoms with Crippen LogP contribution in [0.25, 0.3) is 0 Å². The Labute approximate surface area is 192 Å². The number of rotatable bonds is 4. The Hall–Kier alpha value is -2.42. The van der Waals surface area contributed by atoms with Crippen molar-refractivity contribution in [2.24, 2.45) is 5.92 Å². The molecular formula is C23H28ClN5O3. The number of morpholine rings is 1. The molecule has 2 aromatic rings.